The molecule has 0 aromatic rings. The zero-order valence-corrected chi connectivity index (χ0v) is 13.4. The molecule has 1 saturated heterocycles. The minimum absolute atomic E-state index is 0.00174. The molecule has 112 valence electrons. The average molecular weight is 287 g/mol. The van der Waals surface area contributed by atoms with E-state index in [0.29, 0.717) is 12.8 Å². The molecule has 4 heteroatoms. The van der Waals surface area contributed by atoms with Crippen LogP contribution >= 0.6 is 11.8 Å². The number of carbonyl (C=O) groups excluding carboxylic acids is 1. The third-order valence-corrected chi connectivity index (χ3v) is 5.42. The van der Waals surface area contributed by atoms with Crippen LogP contribution in [0.2, 0.25) is 0 Å². The zero-order chi connectivity index (χ0) is 14.4. The highest BCUT2D eigenvalue weighted by Gasteiger charge is 2.32. The number of hydrogen-bond acceptors (Lipinski definition) is 3. The van der Waals surface area contributed by atoms with Crippen molar-refractivity contribution < 1.29 is 9.90 Å². The molecular weight excluding hydrogens is 258 g/mol. The molecule has 0 radical (unpaired) electrons. The number of thioether (sulfide) groups is 1. The summed E-state index contributed by atoms with van der Waals surface area (Å²) < 4.78 is 0.198. The van der Waals surface area contributed by atoms with E-state index in [1.165, 1.54) is 18.6 Å². The molecule has 3 nitrogen and oxygen atoms in total. The van der Waals surface area contributed by atoms with Crippen molar-refractivity contribution in [3.05, 3.63) is 0 Å². The fourth-order valence-corrected chi connectivity index (χ4v) is 4.10. The van der Waals surface area contributed by atoms with Crippen molar-refractivity contribution in [2.75, 3.05) is 12.3 Å². The molecular formula is C15H29NO2S. The molecule has 1 unspecified atom stereocenters. The molecule has 1 amide bonds. The molecule has 0 spiro atoms. The maximum atomic E-state index is 12.0. The standard InChI is InChI=1S/C15H29NO2S/c1-4-7-15(18,8-5-2)11-13(17)16-12-14(3)9-6-10-19-14/h18H,4-12H2,1-3H3,(H,16,17). The molecule has 1 aliphatic rings. The van der Waals surface area contributed by atoms with E-state index < -0.39 is 5.60 Å². The monoisotopic (exact) mass is 287 g/mol. The maximum absolute atomic E-state index is 12.0. The van der Waals surface area contributed by atoms with Gasteiger partial charge in [-0.05, 0) is 38.4 Å². The summed E-state index contributed by atoms with van der Waals surface area (Å²) in [6.07, 6.45) is 5.91. The number of nitrogens with one attached hydrogen (secondary N) is 1. The molecule has 1 fully saturated rings. The Labute approximate surface area is 121 Å². The van der Waals surface area contributed by atoms with Crippen molar-refractivity contribution in [3.8, 4) is 0 Å². The molecule has 0 bridgehead atoms. The molecule has 1 rings (SSSR count). The van der Waals surface area contributed by atoms with Crippen molar-refractivity contribution in [1.29, 1.82) is 0 Å². The summed E-state index contributed by atoms with van der Waals surface area (Å²) in [6, 6.07) is 0. The van der Waals surface area contributed by atoms with E-state index in [1.54, 1.807) is 0 Å². The van der Waals surface area contributed by atoms with Crippen LogP contribution in [0, 0.1) is 0 Å². The number of rotatable bonds is 8. The van der Waals surface area contributed by atoms with Crippen LogP contribution in [0.4, 0.5) is 0 Å². The Bertz CT molecular complexity index is 282. The van der Waals surface area contributed by atoms with Crippen LogP contribution in [0.5, 0.6) is 0 Å². The number of amides is 1. The Balaban J connectivity index is 2.39. The van der Waals surface area contributed by atoms with Crippen molar-refractivity contribution >= 4 is 17.7 Å². The van der Waals surface area contributed by atoms with E-state index in [1.807, 2.05) is 11.8 Å². The van der Waals surface area contributed by atoms with E-state index in [2.05, 4.69) is 26.1 Å². The molecule has 0 aromatic carbocycles. The third kappa shape index (κ3) is 5.74. The summed E-state index contributed by atoms with van der Waals surface area (Å²) in [6.45, 7) is 7.05. The molecule has 1 heterocycles. The van der Waals surface area contributed by atoms with Gasteiger partial charge in [0.05, 0.1) is 12.0 Å². The first-order chi connectivity index (χ1) is 8.93. The number of hydrogen-bond donors (Lipinski definition) is 2. The van der Waals surface area contributed by atoms with Crippen LogP contribution in [-0.2, 0) is 4.79 Å². The largest absolute Gasteiger partial charge is 0.389 e. The molecule has 1 atom stereocenters. The van der Waals surface area contributed by atoms with Crippen LogP contribution in [0.15, 0.2) is 0 Å². The number of aliphatic hydroxyl groups is 1. The lowest BCUT2D eigenvalue weighted by Gasteiger charge is -2.28. The van der Waals surface area contributed by atoms with Gasteiger partial charge in [0.1, 0.15) is 0 Å². The van der Waals surface area contributed by atoms with Crippen LogP contribution in [0.3, 0.4) is 0 Å². The molecule has 0 saturated carbocycles. The highest BCUT2D eigenvalue weighted by atomic mass is 32.2. The summed E-state index contributed by atoms with van der Waals surface area (Å²) in [5, 5.41) is 13.5. The second-order valence-corrected chi connectivity index (χ2v) is 7.76. The smallest absolute Gasteiger partial charge is 0.222 e. The normalized spacial score (nSPS) is 23.6. The first kappa shape index (κ1) is 16.8. The minimum atomic E-state index is -0.808. The van der Waals surface area contributed by atoms with Gasteiger partial charge < -0.3 is 10.4 Å². The summed E-state index contributed by atoms with van der Waals surface area (Å²) >= 11 is 1.95. The van der Waals surface area contributed by atoms with E-state index in [9.17, 15) is 9.90 Å². The second kappa shape index (κ2) is 7.53. The van der Waals surface area contributed by atoms with Crippen LogP contribution in [0.1, 0.15) is 65.7 Å². The van der Waals surface area contributed by atoms with Crippen LogP contribution < -0.4 is 5.32 Å². The van der Waals surface area contributed by atoms with Gasteiger partial charge in [-0.25, -0.2) is 0 Å². The predicted octanol–water partition coefficient (Wildman–Crippen LogP) is 3.11. The van der Waals surface area contributed by atoms with E-state index in [-0.39, 0.29) is 17.1 Å². The quantitative estimate of drug-likeness (QED) is 0.721. The van der Waals surface area contributed by atoms with E-state index in [4.69, 9.17) is 0 Å². The topological polar surface area (TPSA) is 49.3 Å². The summed E-state index contributed by atoms with van der Waals surface area (Å²) in [5.74, 6) is 1.19. The van der Waals surface area contributed by atoms with Gasteiger partial charge >= 0.3 is 0 Å². The Kier molecular flexibility index (Phi) is 6.67. The highest BCUT2D eigenvalue weighted by molar-refractivity contribution is 8.00. The van der Waals surface area contributed by atoms with Crippen molar-refractivity contribution in [3.63, 3.8) is 0 Å². The van der Waals surface area contributed by atoms with Gasteiger partial charge in [0.15, 0.2) is 0 Å². The zero-order valence-electron chi connectivity index (χ0n) is 12.6. The molecule has 0 aliphatic carbocycles. The first-order valence-corrected chi connectivity index (χ1v) is 8.55. The molecule has 1 aliphatic heterocycles. The Morgan fingerprint density at radius 2 is 2.00 bits per heavy atom. The average Bonchev–Trinajstić information content (AvgIpc) is 2.75. The van der Waals surface area contributed by atoms with Crippen LogP contribution in [-0.4, -0.2) is 33.7 Å². The van der Waals surface area contributed by atoms with Gasteiger partial charge in [-0.15, -0.1) is 0 Å². The van der Waals surface area contributed by atoms with Gasteiger partial charge in [0, 0.05) is 11.3 Å². The second-order valence-electron chi connectivity index (χ2n) is 6.08. The van der Waals surface area contributed by atoms with Crippen molar-refractivity contribution in [1.82, 2.24) is 5.32 Å². The molecule has 0 aromatic heterocycles. The van der Waals surface area contributed by atoms with Gasteiger partial charge in [-0.3, -0.25) is 4.79 Å². The van der Waals surface area contributed by atoms with Gasteiger partial charge in [0.25, 0.3) is 0 Å². The maximum Gasteiger partial charge on any atom is 0.222 e. The van der Waals surface area contributed by atoms with Gasteiger partial charge in [-0.1, -0.05) is 26.7 Å². The fourth-order valence-electron chi connectivity index (χ4n) is 2.86. The minimum Gasteiger partial charge on any atom is -0.389 e. The summed E-state index contributed by atoms with van der Waals surface area (Å²) in [7, 11) is 0. The predicted molar refractivity (Wildman–Crippen MR) is 82.5 cm³/mol. The first-order valence-electron chi connectivity index (χ1n) is 7.56. The summed E-state index contributed by atoms with van der Waals surface area (Å²) in [4.78, 5) is 12.0. The van der Waals surface area contributed by atoms with E-state index >= 15 is 0 Å². The summed E-state index contributed by atoms with van der Waals surface area (Å²) in [5.41, 5.74) is -0.808. The Hall–Kier alpha value is -0.220. The van der Waals surface area contributed by atoms with Gasteiger partial charge in [0.2, 0.25) is 5.91 Å². The van der Waals surface area contributed by atoms with E-state index in [0.717, 1.165) is 19.4 Å². The third-order valence-electron chi connectivity index (χ3n) is 3.88. The molecule has 19 heavy (non-hydrogen) atoms. The fraction of sp³-hybridized carbons (Fsp3) is 0.933. The lowest BCUT2D eigenvalue weighted by atomic mass is 9.89. The Morgan fingerprint density at radius 3 is 2.47 bits per heavy atom. The lowest BCUT2D eigenvalue weighted by molar-refractivity contribution is -0.126. The number of carbonyl (C=O) groups is 1. The molecule has 2 N–H and O–H groups in total. The van der Waals surface area contributed by atoms with Crippen molar-refractivity contribution in [2.45, 2.75) is 76.1 Å². The van der Waals surface area contributed by atoms with Crippen LogP contribution in [0.25, 0.3) is 0 Å². The van der Waals surface area contributed by atoms with Gasteiger partial charge in [-0.2, -0.15) is 11.8 Å². The Morgan fingerprint density at radius 1 is 1.37 bits per heavy atom. The van der Waals surface area contributed by atoms with Crippen molar-refractivity contribution in [2.24, 2.45) is 0 Å². The lowest BCUT2D eigenvalue weighted by Crippen LogP contribution is -2.41. The SMILES string of the molecule is CCCC(O)(CCC)CC(=O)NCC1(C)CCCS1. The highest BCUT2D eigenvalue weighted by Crippen LogP contribution is 2.37.